The molecule has 154 valence electrons. The van der Waals surface area contributed by atoms with Gasteiger partial charge in [0.1, 0.15) is 5.76 Å². The predicted octanol–water partition coefficient (Wildman–Crippen LogP) is 3.64. The summed E-state index contributed by atoms with van der Waals surface area (Å²) in [4.78, 5) is 20.0. The summed E-state index contributed by atoms with van der Waals surface area (Å²) in [6.07, 6.45) is 5.32. The fraction of sp³-hybridized carbons (Fsp3) is 0.474. The van der Waals surface area contributed by atoms with E-state index >= 15 is 0 Å². The molecule has 1 aliphatic heterocycles. The molecule has 0 N–H and O–H groups in total. The molecular weight excluding hydrogens is 408 g/mol. The van der Waals surface area contributed by atoms with Crippen molar-refractivity contribution in [3.05, 3.63) is 35.2 Å². The van der Waals surface area contributed by atoms with Crippen LogP contribution < -0.4 is 9.80 Å². The Hall–Kier alpha value is -2.33. The van der Waals surface area contributed by atoms with Gasteiger partial charge in [-0.25, -0.2) is 4.98 Å². The van der Waals surface area contributed by atoms with Gasteiger partial charge in [-0.1, -0.05) is 11.8 Å². The van der Waals surface area contributed by atoms with E-state index in [1.54, 1.807) is 30.0 Å². The van der Waals surface area contributed by atoms with Crippen LogP contribution in [0.5, 0.6) is 0 Å². The summed E-state index contributed by atoms with van der Waals surface area (Å²) < 4.78 is 7.70. The number of thiazole rings is 1. The second kappa shape index (κ2) is 9.00. The van der Waals surface area contributed by atoms with Crippen molar-refractivity contribution in [1.82, 2.24) is 19.7 Å². The van der Waals surface area contributed by atoms with Gasteiger partial charge in [-0.3, -0.25) is 14.3 Å². The smallest absolute Gasteiger partial charge is 0.228 e. The number of hydrogen-bond acceptors (Lipinski definition) is 8. The summed E-state index contributed by atoms with van der Waals surface area (Å²) in [5.74, 6) is 2.42. The molecule has 0 atom stereocenters. The van der Waals surface area contributed by atoms with Crippen molar-refractivity contribution in [2.45, 2.75) is 43.6 Å². The number of amides is 1. The lowest BCUT2D eigenvalue weighted by molar-refractivity contribution is -0.116. The van der Waals surface area contributed by atoms with Gasteiger partial charge in [-0.15, -0.1) is 21.5 Å². The van der Waals surface area contributed by atoms with Gasteiger partial charge < -0.3 is 9.32 Å². The molecule has 0 saturated carbocycles. The van der Waals surface area contributed by atoms with Crippen LogP contribution in [0, 0.1) is 0 Å². The minimum Gasteiger partial charge on any atom is -0.467 e. The fourth-order valence-electron chi connectivity index (χ4n) is 3.20. The molecule has 4 heterocycles. The van der Waals surface area contributed by atoms with Gasteiger partial charge in [-0.05, 0) is 31.4 Å². The zero-order valence-corrected chi connectivity index (χ0v) is 18.2. The van der Waals surface area contributed by atoms with Gasteiger partial charge in [0, 0.05) is 38.2 Å². The topological polar surface area (TPSA) is 80.3 Å². The van der Waals surface area contributed by atoms with Crippen molar-refractivity contribution in [3.8, 4) is 0 Å². The minimum atomic E-state index is -0.0251. The maximum absolute atomic E-state index is 11.5. The number of anilines is 2. The zero-order chi connectivity index (χ0) is 20.2. The van der Waals surface area contributed by atoms with E-state index in [1.807, 2.05) is 17.5 Å². The van der Waals surface area contributed by atoms with E-state index in [4.69, 9.17) is 4.42 Å². The molecule has 1 aliphatic rings. The molecule has 29 heavy (non-hydrogen) atoms. The van der Waals surface area contributed by atoms with Crippen LogP contribution in [0.15, 0.2) is 33.3 Å². The number of aromatic nitrogens is 4. The molecule has 3 aromatic heterocycles. The van der Waals surface area contributed by atoms with Crippen LogP contribution in [0.1, 0.15) is 37.6 Å². The first-order valence-corrected chi connectivity index (χ1v) is 11.5. The number of carbonyl (C=O) groups is 1. The molecular formula is C19H24N6O2S2. The van der Waals surface area contributed by atoms with Crippen molar-refractivity contribution >= 4 is 40.1 Å². The van der Waals surface area contributed by atoms with Crippen molar-refractivity contribution in [2.75, 3.05) is 29.9 Å². The summed E-state index contributed by atoms with van der Waals surface area (Å²) in [7, 11) is 1.74. The number of hydrogen-bond donors (Lipinski definition) is 0. The molecule has 1 saturated heterocycles. The van der Waals surface area contributed by atoms with E-state index in [0.717, 1.165) is 35.6 Å². The van der Waals surface area contributed by atoms with Crippen molar-refractivity contribution in [2.24, 2.45) is 0 Å². The second-order valence-electron chi connectivity index (χ2n) is 6.98. The number of nitrogens with zero attached hydrogens (tertiary/aromatic N) is 6. The molecule has 1 amide bonds. The normalized spacial score (nSPS) is 14.3. The van der Waals surface area contributed by atoms with E-state index in [9.17, 15) is 4.79 Å². The lowest BCUT2D eigenvalue weighted by Crippen LogP contribution is -2.32. The maximum atomic E-state index is 11.5. The number of rotatable bonds is 7. The molecule has 0 aromatic carbocycles. The zero-order valence-electron chi connectivity index (χ0n) is 16.6. The van der Waals surface area contributed by atoms with Crippen LogP contribution in [0.4, 0.5) is 11.1 Å². The van der Waals surface area contributed by atoms with Gasteiger partial charge in [-0.2, -0.15) is 0 Å². The highest BCUT2D eigenvalue weighted by atomic mass is 32.2. The Labute approximate surface area is 177 Å². The molecule has 0 radical (unpaired) electrons. The third kappa shape index (κ3) is 4.64. The number of thioether (sulfide) groups is 1. The quantitative estimate of drug-likeness (QED) is 0.527. The van der Waals surface area contributed by atoms with Crippen LogP contribution in [-0.2, 0) is 17.1 Å². The molecule has 3 aromatic rings. The summed E-state index contributed by atoms with van der Waals surface area (Å²) in [5.41, 5.74) is 0.926. The second-order valence-corrected chi connectivity index (χ2v) is 8.76. The first-order chi connectivity index (χ1) is 14.1. The third-order valence-electron chi connectivity index (χ3n) is 4.88. The highest BCUT2D eigenvalue weighted by Gasteiger charge is 2.21. The molecule has 10 heteroatoms. The van der Waals surface area contributed by atoms with Gasteiger partial charge in [0.05, 0.1) is 18.5 Å². The fourth-order valence-corrected chi connectivity index (χ4v) is 4.97. The molecule has 0 unspecified atom stereocenters. The van der Waals surface area contributed by atoms with E-state index < -0.39 is 0 Å². The first kappa shape index (κ1) is 20.0. The largest absolute Gasteiger partial charge is 0.467 e. The average Bonchev–Trinajstić information content (AvgIpc) is 3.48. The average molecular weight is 433 g/mol. The highest BCUT2D eigenvalue weighted by molar-refractivity contribution is 7.98. The Morgan fingerprint density at radius 2 is 2.14 bits per heavy atom. The predicted molar refractivity (Wildman–Crippen MR) is 115 cm³/mol. The summed E-state index contributed by atoms with van der Waals surface area (Å²) in [6.45, 7) is 4.15. The third-order valence-corrected chi connectivity index (χ3v) is 6.84. The van der Waals surface area contributed by atoms with E-state index in [-0.39, 0.29) is 5.91 Å². The Balaban J connectivity index is 1.52. The standard InChI is InChI=1S/C19H24N6O2S2/c1-14(26)23(2)18-20-15(12-28-18)13-29-19-22-21-17(24-8-4-3-5-9-24)25(19)11-16-7-6-10-27-16/h6-7,10,12H,3-5,8-9,11,13H2,1-2H3. The lowest BCUT2D eigenvalue weighted by Gasteiger charge is -2.27. The van der Waals surface area contributed by atoms with Crippen LogP contribution in [0.2, 0.25) is 0 Å². The van der Waals surface area contributed by atoms with Crippen molar-refractivity contribution < 1.29 is 9.21 Å². The van der Waals surface area contributed by atoms with Crippen LogP contribution in [0.25, 0.3) is 0 Å². The number of carbonyl (C=O) groups excluding carboxylic acids is 1. The summed E-state index contributed by atoms with van der Waals surface area (Å²) >= 11 is 3.07. The van der Waals surface area contributed by atoms with Crippen LogP contribution in [-0.4, -0.2) is 45.8 Å². The molecule has 1 fully saturated rings. The van der Waals surface area contributed by atoms with E-state index in [2.05, 4.69) is 24.6 Å². The molecule has 0 aliphatic carbocycles. The molecule has 0 spiro atoms. The summed E-state index contributed by atoms with van der Waals surface area (Å²) in [5, 5.41) is 12.5. The SMILES string of the molecule is CC(=O)N(C)c1nc(CSc2nnc(N3CCCCC3)n2Cc2ccco2)cs1. The maximum Gasteiger partial charge on any atom is 0.228 e. The Morgan fingerprint density at radius 1 is 1.31 bits per heavy atom. The van der Waals surface area contributed by atoms with Gasteiger partial charge in [0.15, 0.2) is 10.3 Å². The van der Waals surface area contributed by atoms with Crippen molar-refractivity contribution in [1.29, 1.82) is 0 Å². The Kier molecular flexibility index (Phi) is 6.19. The molecule has 0 bridgehead atoms. The number of piperidine rings is 1. The number of furan rings is 1. The monoisotopic (exact) mass is 432 g/mol. The first-order valence-electron chi connectivity index (χ1n) is 9.64. The minimum absolute atomic E-state index is 0.0251. The summed E-state index contributed by atoms with van der Waals surface area (Å²) in [6, 6.07) is 3.87. The van der Waals surface area contributed by atoms with Gasteiger partial charge in [0.2, 0.25) is 11.9 Å². The van der Waals surface area contributed by atoms with Gasteiger partial charge >= 0.3 is 0 Å². The van der Waals surface area contributed by atoms with Crippen LogP contribution >= 0.6 is 23.1 Å². The lowest BCUT2D eigenvalue weighted by atomic mass is 10.1. The van der Waals surface area contributed by atoms with Crippen molar-refractivity contribution in [3.63, 3.8) is 0 Å². The Bertz CT molecular complexity index is 946. The Morgan fingerprint density at radius 3 is 2.86 bits per heavy atom. The molecule has 4 rings (SSSR count). The van der Waals surface area contributed by atoms with Crippen LogP contribution in [0.3, 0.4) is 0 Å². The highest BCUT2D eigenvalue weighted by Crippen LogP contribution is 2.29. The van der Waals surface area contributed by atoms with E-state index in [1.165, 1.54) is 37.5 Å². The van der Waals surface area contributed by atoms with E-state index in [0.29, 0.717) is 17.4 Å². The van der Waals surface area contributed by atoms with Gasteiger partial charge in [0.25, 0.3) is 0 Å². The molecule has 8 nitrogen and oxygen atoms in total.